The van der Waals surface area contributed by atoms with Gasteiger partial charge in [0.15, 0.2) is 0 Å². The maximum atomic E-state index is 11.8. The number of fused-ring (bicyclic) bond motifs is 2. The molecule has 0 spiro atoms. The van der Waals surface area contributed by atoms with E-state index in [-0.39, 0.29) is 54.7 Å². The van der Waals surface area contributed by atoms with E-state index in [2.05, 4.69) is 128 Å². The fourth-order valence-corrected chi connectivity index (χ4v) is 9.96. The predicted molar refractivity (Wildman–Crippen MR) is 281 cm³/mol. The zero-order valence-corrected chi connectivity index (χ0v) is 43.9. The van der Waals surface area contributed by atoms with Gasteiger partial charge in [0.1, 0.15) is 42.4 Å². The van der Waals surface area contributed by atoms with Crippen molar-refractivity contribution < 1.29 is 29.3 Å². The number of carboxylic acid groups (broad SMARTS) is 1. The molecule has 0 fully saturated rings. The molecular formula is C57H75BrN6O6. The number of phenols is 1. The van der Waals surface area contributed by atoms with Crippen LogP contribution in [-0.4, -0.2) is 58.3 Å². The maximum absolute atomic E-state index is 11.8. The van der Waals surface area contributed by atoms with E-state index in [1.54, 1.807) is 64.1 Å². The minimum absolute atomic E-state index is 0. The number of carbonyl (C=O) groups is 2. The molecule has 376 valence electrons. The number of nitrogens with zero attached hydrogens (tertiary/aromatic N) is 6. The van der Waals surface area contributed by atoms with Gasteiger partial charge in [-0.15, -0.1) is 20.4 Å². The average molecular weight is 1020 g/mol. The van der Waals surface area contributed by atoms with Gasteiger partial charge in [0.2, 0.25) is 0 Å². The summed E-state index contributed by atoms with van der Waals surface area (Å²) in [6.07, 6.45) is 8.28. The molecule has 0 amide bonds. The summed E-state index contributed by atoms with van der Waals surface area (Å²) in [5.41, 5.74) is 11.3. The standard InChI is InChI=1S/C27H33N3O3.C15H21Br.C14H17N3O3.CH4/c1-26(2)12-13-27(3,4)23-14-18(6-11-22(23)26)16-33-20-9-7-19(8-10-20)21(15-24(31)32)25-29-28-17-30(25)5;1-14(2)7-8-15(3,4)13-9-11(10-16)5-6-12(13)14;1-3-20-13(19)8-12(14-16-15-9-17(14)2)10-4-6-11(18)7-5-10;/h6-11,14,17,21H,12-13,15-16H2,1-5H3,(H,31,32);5-6,9H,7-8,10H2,1-4H3;4-7,9,12,18H,3,8H2,1-2H3;1H4. The number of rotatable bonds is 13. The molecule has 12 nitrogen and oxygen atoms in total. The number of halogens is 1. The molecular weight excluding hydrogens is 945 g/mol. The highest BCUT2D eigenvalue weighted by Gasteiger charge is 2.38. The van der Waals surface area contributed by atoms with Gasteiger partial charge in [-0.05, 0) is 123 Å². The first-order valence-corrected chi connectivity index (χ1v) is 25.1. The van der Waals surface area contributed by atoms with Crippen molar-refractivity contribution in [1.82, 2.24) is 29.5 Å². The Bertz CT molecular complexity index is 2680. The first-order valence-electron chi connectivity index (χ1n) is 24.0. The summed E-state index contributed by atoms with van der Waals surface area (Å²) in [5, 5.41) is 35.6. The molecule has 13 heteroatoms. The third-order valence-corrected chi connectivity index (χ3v) is 14.8. The van der Waals surface area contributed by atoms with Crippen LogP contribution < -0.4 is 4.74 Å². The van der Waals surface area contributed by atoms with Crippen LogP contribution in [0.25, 0.3) is 0 Å². The van der Waals surface area contributed by atoms with Crippen LogP contribution in [0, 0.1) is 0 Å². The molecule has 2 N–H and O–H groups in total. The van der Waals surface area contributed by atoms with Crippen molar-refractivity contribution in [3.05, 3.63) is 154 Å². The van der Waals surface area contributed by atoms with Crippen LogP contribution in [-0.2, 0) is 62.0 Å². The number of benzene rings is 4. The smallest absolute Gasteiger partial charge is 0.306 e. The number of hydrogen-bond donors (Lipinski definition) is 2. The Hall–Kier alpha value is -5.82. The van der Waals surface area contributed by atoms with Crippen LogP contribution >= 0.6 is 15.9 Å². The first kappa shape index (κ1) is 55.1. The van der Waals surface area contributed by atoms with Gasteiger partial charge >= 0.3 is 11.9 Å². The Morgan fingerprint density at radius 2 is 1.07 bits per heavy atom. The summed E-state index contributed by atoms with van der Waals surface area (Å²) in [6, 6.07) is 28.1. The highest BCUT2D eigenvalue weighted by molar-refractivity contribution is 9.08. The van der Waals surface area contributed by atoms with Gasteiger partial charge in [0, 0.05) is 19.4 Å². The molecule has 0 bridgehead atoms. The summed E-state index contributed by atoms with van der Waals surface area (Å²) < 4.78 is 14.6. The van der Waals surface area contributed by atoms with Crippen LogP contribution in [0.2, 0.25) is 0 Å². The second-order valence-electron chi connectivity index (χ2n) is 21.2. The minimum atomic E-state index is -0.873. The molecule has 2 atom stereocenters. The first-order chi connectivity index (χ1) is 32.5. The number of carboxylic acids is 1. The number of ether oxygens (including phenoxy) is 2. The molecule has 2 aliphatic carbocycles. The van der Waals surface area contributed by atoms with E-state index in [9.17, 15) is 19.8 Å². The van der Waals surface area contributed by atoms with Crippen molar-refractivity contribution in [2.24, 2.45) is 14.1 Å². The molecule has 8 rings (SSSR count). The van der Waals surface area contributed by atoms with Crippen molar-refractivity contribution in [2.45, 2.75) is 154 Å². The van der Waals surface area contributed by atoms with Gasteiger partial charge in [0.05, 0.1) is 31.3 Å². The van der Waals surface area contributed by atoms with Crippen molar-refractivity contribution >= 4 is 27.9 Å². The Kier molecular flexibility index (Phi) is 18.1. The number of phenolic OH excluding ortho intramolecular Hbond substituents is 1. The predicted octanol–water partition coefficient (Wildman–Crippen LogP) is 12.5. The summed E-state index contributed by atoms with van der Waals surface area (Å²) >= 11 is 3.55. The highest BCUT2D eigenvalue weighted by atomic mass is 79.9. The van der Waals surface area contributed by atoms with E-state index >= 15 is 0 Å². The minimum Gasteiger partial charge on any atom is -0.508 e. The van der Waals surface area contributed by atoms with E-state index in [4.69, 9.17) is 9.47 Å². The van der Waals surface area contributed by atoms with Crippen LogP contribution in [0.4, 0.5) is 0 Å². The fourth-order valence-electron chi connectivity index (χ4n) is 9.61. The monoisotopic (exact) mass is 1020 g/mol. The van der Waals surface area contributed by atoms with Gasteiger partial charge in [0.25, 0.3) is 0 Å². The van der Waals surface area contributed by atoms with Crippen molar-refractivity contribution in [3.63, 3.8) is 0 Å². The van der Waals surface area contributed by atoms with Crippen molar-refractivity contribution in [2.75, 3.05) is 6.61 Å². The third kappa shape index (κ3) is 13.3. The lowest BCUT2D eigenvalue weighted by Crippen LogP contribution is -2.33. The van der Waals surface area contributed by atoms with Gasteiger partial charge < -0.3 is 28.8 Å². The van der Waals surface area contributed by atoms with Crippen LogP contribution in [0.1, 0.15) is 176 Å². The molecule has 2 unspecified atom stereocenters. The molecule has 6 aromatic rings. The molecule has 4 aromatic carbocycles. The quantitative estimate of drug-likeness (QED) is 0.0844. The lowest BCUT2D eigenvalue weighted by Gasteiger charge is -2.42. The Balaban J connectivity index is 0.000000211. The van der Waals surface area contributed by atoms with Gasteiger partial charge in [-0.25, -0.2) is 0 Å². The number of alkyl halides is 1. The van der Waals surface area contributed by atoms with Crippen LogP contribution in [0.5, 0.6) is 11.5 Å². The topological polar surface area (TPSA) is 154 Å². The zero-order valence-electron chi connectivity index (χ0n) is 42.3. The van der Waals surface area contributed by atoms with E-state index in [0.29, 0.717) is 35.7 Å². The largest absolute Gasteiger partial charge is 0.508 e. The lowest BCUT2D eigenvalue weighted by molar-refractivity contribution is -0.143. The number of aryl methyl sites for hydroxylation is 2. The van der Waals surface area contributed by atoms with Crippen molar-refractivity contribution in [1.29, 1.82) is 0 Å². The molecule has 0 radical (unpaired) electrons. The van der Waals surface area contributed by atoms with Crippen molar-refractivity contribution in [3.8, 4) is 11.5 Å². The fraction of sp³-hybridized carbons (Fsp3) is 0.474. The summed E-state index contributed by atoms with van der Waals surface area (Å²) in [6.45, 7) is 21.4. The van der Waals surface area contributed by atoms with Crippen LogP contribution in [0.15, 0.2) is 97.6 Å². The van der Waals surface area contributed by atoms with E-state index in [1.807, 2.05) is 38.4 Å². The number of aromatic hydroxyl groups is 1. The summed E-state index contributed by atoms with van der Waals surface area (Å²) in [4.78, 5) is 23.2. The van der Waals surface area contributed by atoms with Gasteiger partial charge in [-0.1, -0.05) is 139 Å². The number of esters is 1. The number of aliphatic carboxylic acids is 1. The van der Waals surface area contributed by atoms with E-state index in [1.165, 1.54) is 42.4 Å². The van der Waals surface area contributed by atoms with Crippen LogP contribution in [0.3, 0.4) is 0 Å². The van der Waals surface area contributed by atoms with Gasteiger partial charge in [-0.2, -0.15) is 0 Å². The number of hydrogen-bond acceptors (Lipinski definition) is 9. The molecule has 2 aliphatic rings. The highest BCUT2D eigenvalue weighted by Crippen LogP contribution is 2.47. The number of aromatic nitrogens is 6. The molecule has 0 saturated heterocycles. The SMILES string of the molecule is C.CC1(C)CCC(C)(C)c2cc(CBr)ccc21.CCOC(=O)CC(c1ccc(O)cc1)c1nncn1C.Cn1cnnc1C(CC(=O)O)c1ccc(OCc2ccc3c(c2)C(C)(C)CCC3(C)C)cc1. The maximum Gasteiger partial charge on any atom is 0.306 e. The Labute approximate surface area is 424 Å². The molecule has 2 heterocycles. The van der Waals surface area contributed by atoms with E-state index < -0.39 is 5.97 Å². The molecule has 70 heavy (non-hydrogen) atoms. The summed E-state index contributed by atoms with van der Waals surface area (Å²) in [7, 11) is 3.65. The molecule has 0 aliphatic heterocycles. The second kappa shape index (κ2) is 22.9. The zero-order chi connectivity index (χ0) is 50.3. The van der Waals surface area contributed by atoms with Gasteiger partial charge in [-0.3, -0.25) is 9.59 Å². The second-order valence-corrected chi connectivity index (χ2v) is 21.8. The number of carbonyl (C=O) groups excluding carboxylic acids is 1. The third-order valence-electron chi connectivity index (χ3n) is 14.1. The molecule has 0 saturated carbocycles. The average Bonchev–Trinajstić information content (AvgIpc) is 3.95. The lowest BCUT2D eigenvalue weighted by atomic mass is 9.63. The molecule has 2 aromatic heterocycles. The van der Waals surface area contributed by atoms with E-state index in [0.717, 1.165) is 27.8 Å². The Morgan fingerprint density at radius 3 is 1.50 bits per heavy atom. The summed E-state index contributed by atoms with van der Waals surface area (Å²) in [5.74, 6) is 0.479. The Morgan fingerprint density at radius 1 is 0.643 bits per heavy atom. The normalized spacial score (nSPS) is 16.5.